The van der Waals surface area contributed by atoms with E-state index in [1.54, 1.807) is 36.3 Å². The van der Waals surface area contributed by atoms with Gasteiger partial charge in [0.25, 0.3) is 5.89 Å². The summed E-state index contributed by atoms with van der Waals surface area (Å²) in [5.41, 5.74) is 0.727. The summed E-state index contributed by atoms with van der Waals surface area (Å²) in [6, 6.07) is 7.12. The molecule has 10 heteroatoms. The highest BCUT2D eigenvalue weighted by molar-refractivity contribution is 7.91. The van der Waals surface area contributed by atoms with Crippen LogP contribution in [0.25, 0.3) is 11.5 Å². The second kappa shape index (κ2) is 7.83. The van der Waals surface area contributed by atoms with E-state index >= 15 is 0 Å². The topological polar surface area (TPSA) is 112 Å². The zero-order chi connectivity index (χ0) is 18.6. The molecule has 0 unspecified atom stereocenters. The maximum Gasteiger partial charge on any atom is 0.320 e. The van der Waals surface area contributed by atoms with Gasteiger partial charge >= 0.3 is 5.97 Å². The molecule has 0 amide bonds. The highest BCUT2D eigenvalue weighted by Gasteiger charge is 2.23. The monoisotopic (exact) mass is 381 g/mol. The Balaban J connectivity index is 1.49. The number of carbonyl (C=O) groups is 1. The molecule has 0 saturated carbocycles. The lowest BCUT2D eigenvalue weighted by Crippen LogP contribution is -2.43. The minimum absolute atomic E-state index is 0.0404. The number of esters is 1. The van der Waals surface area contributed by atoms with Gasteiger partial charge in [-0.3, -0.25) is 9.69 Å². The van der Waals surface area contributed by atoms with Gasteiger partial charge < -0.3 is 14.0 Å². The SMILES string of the molecule is COc1ccc(-c2nc(COC(=O)CN3CCS(=O)(=O)CC3)no2)cc1. The van der Waals surface area contributed by atoms with Gasteiger partial charge in [-0.1, -0.05) is 5.16 Å². The number of hydrogen-bond donors (Lipinski definition) is 0. The van der Waals surface area contributed by atoms with Crippen LogP contribution in [0, 0.1) is 0 Å². The number of benzene rings is 1. The van der Waals surface area contributed by atoms with E-state index in [4.69, 9.17) is 14.0 Å². The normalized spacial score (nSPS) is 17.0. The van der Waals surface area contributed by atoms with Gasteiger partial charge in [-0.25, -0.2) is 8.42 Å². The molecule has 0 bridgehead atoms. The molecule has 1 aromatic heterocycles. The van der Waals surface area contributed by atoms with Crippen molar-refractivity contribution in [2.24, 2.45) is 0 Å². The van der Waals surface area contributed by atoms with Gasteiger partial charge in [0, 0.05) is 18.7 Å². The number of nitrogens with zero attached hydrogens (tertiary/aromatic N) is 3. The number of hydrogen-bond acceptors (Lipinski definition) is 9. The first-order chi connectivity index (χ1) is 12.4. The Hall–Kier alpha value is -2.46. The van der Waals surface area contributed by atoms with Crippen LogP contribution < -0.4 is 4.74 Å². The Kier molecular flexibility index (Phi) is 5.52. The van der Waals surface area contributed by atoms with Crippen molar-refractivity contribution in [1.82, 2.24) is 15.0 Å². The van der Waals surface area contributed by atoms with Crippen molar-refractivity contribution in [2.45, 2.75) is 6.61 Å². The molecule has 3 rings (SSSR count). The van der Waals surface area contributed by atoms with Crippen molar-refractivity contribution >= 4 is 15.8 Å². The third-order valence-corrected chi connectivity index (χ3v) is 5.57. The summed E-state index contributed by atoms with van der Waals surface area (Å²) in [5.74, 6) is 0.963. The number of methoxy groups -OCH3 is 1. The average Bonchev–Trinajstić information content (AvgIpc) is 3.11. The summed E-state index contributed by atoms with van der Waals surface area (Å²) in [6.45, 7) is 0.603. The zero-order valence-corrected chi connectivity index (χ0v) is 15.1. The summed E-state index contributed by atoms with van der Waals surface area (Å²) >= 11 is 0. The largest absolute Gasteiger partial charge is 0.497 e. The molecule has 2 aromatic rings. The van der Waals surface area contributed by atoms with Crippen LogP contribution in [0.4, 0.5) is 0 Å². The van der Waals surface area contributed by atoms with Crippen LogP contribution in [0.5, 0.6) is 5.75 Å². The number of carbonyl (C=O) groups excluding carboxylic acids is 1. The summed E-state index contributed by atoms with van der Waals surface area (Å²) in [7, 11) is -1.39. The summed E-state index contributed by atoms with van der Waals surface area (Å²) in [4.78, 5) is 17.8. The molecule has 0 aliphatic carbocycles. The van der Waals surface area contributed by atoms with Crippen molar-refractivity contribution < 1.29 is 27.2 Å². The van der Waals surface area contributed by atoms with E-state index < -0.39 is 15.8 Å². The maximum absolute atomic E-state index is 11.9. The minimum Gasteiger partial charge on any atom is -0.497 e. The fourth-order valence-corrected chi connectivity index (χ4v) is 3.72. The van der Waals surface area contributed by atoms with Crippen molar-refractivity contribution in [3.05, 3.63) is 30.1 Å². The molecule has 0 atom stereocenters. The Morgan fingerprint density at radius 3 is 2.58 bits per heavy atom. The molecule has 1 aliphatic rings. The molecule has 0 spiro atoms. The second-order valence-electron chi connectivity index (χ2n) is 5.83. The van der Waals surface area contributed by atoms with Crippen molar-refractivity contribution in [2.75, 3.05) is 38.2 Å². The third-order valence-electron chi connectivity index (χ3n) is 3.96. The molecule has 140 valence electrons. The predicted molar refractivity (Wildman–Crippen MR) is 91.2 cm³/mol. The quantitative estimate of drug-likeness (QED) is 0.661. The van der Waals surface area contributed by atoms with Crippen molar-refractivity contribution in [1.29, 1.82) is 0 Å². The molecule has 1 fully saturated rings. The van der Waals surface area contributed by atoms with Crippen molar-refractivity contribution in [3.8, 4) is 17.2 Å². The number of sulfone groups is 1. The van der Waals surface area contributed by atoms with Gasteiger partial charge in [0.15, 0.2) is 16.4 Å². The number of aromatic nitrogens is 2. The fraction of sp³-hybridized carbons (Fsp3) is 0.438. The lowest BCUT2D eigenvalue weighted by molar-refractivity contribution is -0.146. The Morgan fingerprint density at radius 2 is 1.92 bits per heavy atom. The Bertz CT molecular complexity index is 848. The van der Waals surface area contributed by atoms with Crippen molar-refractivity contribution in [3.63, 3.8) is 0 Å². The summed E-state index contributed by atoms with van der Waals surface area (Å²) < 4.78 is 38.1. The number of rotatable bonds is 6. The zero-order valence-electron chi connectivity index (χ0n) is 14.3. The molecule has 0 N–H and O–H groups in total. The molecule has 1 saturated heterocycles. The van der Waals surface area contributed by atoms with E-state index in [0.29, 0.717) is 24.7 Å². The molecule has 26 heavy (non-hydrogen) atoms. The molecular formula is C16H19N3O6S. The standard InChI is InChI=1S/C16H19N3O6S/c1-23-13-4-2-12(3-5-13)16-17-14(18-25-16)11-24-15(20)10-19-6-8-26(21,22)9-7-19/h2-5H,6-11H2,1H3. The van der Waals surface area contributed by atoms with E-state index in [0.717, 1.165) is 5.56 Å². The predicted octanol–water partition coefficient (Wildman–Crippen LogP) is 0.519. The van der Waals surface area contributed by atoms with Crippen LogP contribution >= 0.6 is 0 Å². The first kappa shape index (κ1) is 18.3. The van der Waals surface area contributed by atoms with Crippen LogP contribution in [-0.2, 0) is 26.0 Å². The van der Waals surface area contributed by atoms with E-state index in [1.807, 2.05) is 0 Å². The maximum atomic E-state index is 11.9. The van der Waals surface area contributed by atoms with Crippen LogP contribution in [0.3, 0.4) is 0 Å². The average molecular weight is 381 g/mol. The molecule has 1 aromatic carbocycles. The highest BCUT2D eigenvalue weighted by atomic mass is 32.2. The van der Waals surface area contributed by atoms with E-state index in [-0.39, 0.29) is 30.5 Å². The van der Waals surface area contributed by atoms with E-state index in [2.05, 4.69) is 10.1 Å². The van der Waals surface area contributed by atoms with E-state index in [1.165, 1.54) is 0 Å². The second-order valence-corrected chi connectivity index (χ2v) is 8.14. The van der Waals surface area contributed by atoms with Gasteiger partial charge in [0.1, 0.15) is 5.75 Å². The molecule has 2 heterocycles. The van der Waals surface area contributed by atoms with Crippen LogP contribution in [0.15, 0.2) is 28.8 Å². The molecule has 0 radical (unpaired) electrons. The molecule has 1 aliphatic heterocycles. The van der Waals surface area contributed by atoms with Crippen LogP contribution in [0.1, 0.15) is 5.82 Å². The van der Waals surface area contributed by atoms with Gasteiger partial charge in [0.05, 0.1) is 25.2 Å². The first-order valence-corrected chi connectivity index (χ1v) is 9.83. The summed E-state index contributed by atoms with van der Waals surface area (Å²) in [5, 5.41) is 3.79. The Labute approximate surface area is 150 Å². The number of ether oxygens (including phenoxy) is 2. The van der Waals surface area contributed by atoms with E-state index in [9.17, 15) is 13.2 Å². The molecular weight excluding hydrogens is 362 g/mol. The van der Waals surface area contributed by atoms with Gasteiger partial charge in [-0.2, -0.15) is 4.98 Å². The van der Waals surface area contributed by atoms with Gasteiger partial charge in [-0.05, 0) is 24.3 Å². The van der Waals surface area contributed by atoms with Crippen LogP contribution in [-0.4, -0.2) is 67.7 Å². The summed E-state index contributed by atoms with van der Waals surface area (Å²) in [6.07, 6.45) is 0. The minimum atomic E-state index is -2.97. The third kappa shape index (κ3) is 4.79. The fourth-order valence-electron chi connectivity index (χ4n) is 2.45. The lowest BCUT2D eigenvalue weighted by atomic mass is 10.2. The van der Waals surface area contributed by atoms with Gasteiger partial charge in [-0.15, -0.1) is 0 Å². The van der Waals surface area contributed by atoms with Gasteiger partial charge in [0.2, 0.25) is 5.82 Å². The first-order valence-electron chi connectivity index (χ1n) is 8.00. The highest BCUT2D eigenvalue weighted by Crippen LogP contribution is 2.20. The molecule has 9 nitrogen and oxygen atoms in total. The lowest BCUT2D eigenvalue weighted by Gasteiger charge is -2.25. The Morgan fingerprint density at radius 1 is 1.23 bits per heavy atom. The van der Waals surface area contributed by atoms with Crippen LogP contribution in [0.2, 0.25) is 0 Å². The smallest absolute Gasteiger partial charge is 0.320 e.